The number of benzene rings is 3. The van der Waals surface area contributed by atoms with E-state index in [1.807, 2.05) is 30.3 Å². The second kappa shape index (κ2) is 11.4. The number of carbonyl (C=O) groups is 1. The number of carbonyl (C=O) groups excluding carboxylic acids is 1. The minimum atomic E-state index is -4.41. The first kappa shape index (κ1) is 26.6. The van der Waals surface area contributed by atoms with Crippen LogP contribution in [0.15, 0.2) is 90.2 Å². The molecule has 2 aromatic heterocycles. The van der Waals surface area contributed by atoms with Crippen LogP contribution < -0.4 is 5.32 Å². The van der Waals surface area contributed by atoms with Crippen molar-refractivity contribution < 1.29 is 22.4 Å². The summed E-state index contributed by atoms with van der Waals surface area (Å²) in [6.07, 6.45) is -2.62. The Morgan fingerprint density at radius 2 is 1.74 bits per heavy atom. The number of nitrogens with one attached hydrogen (secondary N) is 1. The Balaban J connectivity index is 1.26. The molecule has 3 aromatic carbocycles. The average molecular weight is 570 g/mol. The zero-order valence-corrected chi connectivity index (χ0v) is 21.7. The van der Waals surface area contributed by atoms with Crippen molar-refractivity contribution in [1.29, 1.82) is 0 Å². The van der Waals surface area contributed by atoms with Gasteiger partial charge in [-0.05, 0) is 35.9 Å². The van der Waals surface area contributed by atoms with Crippen LogP contribution in [0.2, 0.25) is 0 Å². The van der Waals surface area contributed by atoms with Crippen LogP contribution in [0.4, 0.5) is 22.7 Å². The third kappa shape index (κ3) is 6.52. The lowest BCUT2D eigenvalue weighted by atomic mass is 10.1. The van der Waals surface area contributed by atoms with E-state index in [2.05, 4.69) is 20.5 Å². The number of nitrogens with zero attached hydrogens (tertiary/aromatic N) is 4. The maximum Gasteiger partial charge on any atom is 0.416 e. The molecule has 0 aliphatic rings. The third-order valence-electron chi connectivity index (χ3n) is 5.52. The number of hydrogen-bond acceptors (Lipinski definition) is 6. The van der Waals surface area contributed by atoms with Gasteiger partial charge < -0.3 is 5.32 Å². The van der Waals surface area contributed by atoms with Crippen molar-refractivity contribution in [3.63, 3.8) is 0 Å². The molecule has 0 unspecified atom stereocenters. The summed E-state index contributed by atoms with van der Waals surface area (Å²) >= 11 is 2.35. The standard InChI is InChI=1S/C27H19F4N5OS2/c28-20-9-11-21(12-10-20)36-24(18-6-2-1-3-7-18)34-35-26(36)38-16-23(37)33-25-32-15-22(39-25)14-17-5-4-8-19(13-17)27(29,30)31/h1-13,15H,14,16H2,(H,32,33,37). The molecule has 0 atom stereocenters. The second-order valence-electron chi connectivity index (χ2n) is 8.33. The highest BCUT2D eigenvalue weighted by Gasteiger charge is 2.30. The Morgan fingerprint density at radius 3 is 2.49 bits per heavy atom. The molecule has 0 aliphatic heterocycles. The maximum atomic E-state index is 13.6. The van der Waals surface area contributed by atoms with Crippen LogP contribution in [0.1, 0.15) is 16.0 Å². The molecule has 12 heteroatoms. The number of aromatic nitrogens is 4. The highest BCUT2D eigenvalue weighted by atomic mass is 32.2. The topological polar surface area (TPSA) is 72.7 Å². The molecular formula is C27H19F4N5OS2. The van der Waals surface area contributed by atoms with Gasteiger partial charge >= 0.3 is 6.18 Å². The predicted molar refractivity (Wildman–Crippen MR) is 142 cm³/mol. The summed E-state index contributed by atoms with van der Waals surface area (Å²) in [4.78, 5) is 17.6. The second-order valence-corrected chi connectivity index (χ2v) is 10.4. The molecular weight excluding hydrogens is 550 g/mol. The van der Waals surface area contributed by atoms with Gasteiger partial charge in [0.2, 0.25) is 5.91 Å². The fourth-order valence-electron chi connectivity index (χ4n) is 3.75. The first-order valence-electron chi connectivity index (χ1n) is 11.6. The Hall–Kier alpha value is -4.03. The quantitative estimate of drug-likeness (QED) is 0.163. The lowest BCUT2D eigenvalue weighted by Gasteiger charge is -2.10. The van der Waals surface area contributed by atoms with Crippen molar-refractivity contribution in [2.75, 3.05) is 11.1 Å². The fraction of sp³-hybridized carbons (Fsp3) is 0.111. The summed E-state index contributed by atoms with van der Waals surface area (Å²) in [5, 5.41) is 12.1. The minimum Gasteiger partial charge on any atom is -0.301 e. The number of halogens is 4. The van der Waals surface area contributed by atoms with Crippen molar-refractivity contribution in [2.24, 2.45) is 0 Å². The number of anilines is 1. The molecule has 0 aliphatic carbocycles. The Kier molecular flexibility index (Phi) is 7.75. The van der Waals surface area contributed by atoms with E-state index in [9.17, 15) is 22.4 Å². The maximum absolute atomic E-state index is 13.6. The monoisotopic (exact) mass is 569 g/mol. The number of thioether (sulfide) groups is 1. The third-order valence-corrected chi connectivity index (χ3v) is 7.36. The van der Waals surface area contributed by atoms with E-state index in [0.717, 1.165) is 29.5 Å². The van der Waals surface area contributed by atoms with E-state index >= 15 is 0 Å². The molecule has 0 saturated heterocycles. The lowest BCUT2D eigenvalue weighted by Crippen LogP contribution is -2.14. The van der Waals surface area contributed by atoms with Gasteiger partial charge in [0.05, 0.1) is 11.3 Å². The van der Waals surface area contributed by atoms with Gasteiger partial charge in [-0.15, -0.1) is 21.5 Å². The number of thiazole rings is 1. The number of alkyl halides is 3. The molecule has 2 heterocycles. The number of amides is 1. The van der Waals surface area contributed by atoms with Crippen molar-refractivity contribution in [3.05, 3.63) is 107 Å². The molecule has 5 rings (SSSR count). The van der Waals surface area contributed by atoms with Gasteiger partial charge in [0.1, 0.15) is 5.82 Å². The van der Waals surface area contributed by atoms with Gasteiger partial charge in [0.25, 0.3) is 0 Å². The highest BCUT2D eigenvalue weighted by Crippen LogP contribution is 2.31. The van der Waals surface area contributed by atoms with E-state index in [0.29, 0.717) is 32.2 Å². The summed E-state index contributed by atoms with van der Waals surface area (Å²) in [6, 6.07) is 20.4. The van der Waals surface area contributed by atoms with Crippen LogP contribution in [0.3, 0.4) is 0 Å². The zero-order valence-electron chi connectivity index (χ0n) is 20.0. The van der Waals surface area contributed by atoms with Crippen LogP contribution in [-0.2, 0) is 17.4 Å². The smallest absolute Gasteiger partial charge is 0.301 e. The van der Waals surface area contributed by atoms with Crippen molar-refractivity contribution in [1.82, 2.24) is 19.7 Å². The van der Waals surface area contributed by atoms with Gasteiger partial charge in [0, 0.05) is 28.7 Å². The Labute approximate surface area is 228 Å². The van der Waals surface area contributed by atoms with Gasteiger partial charge in [-0.25, -0.2) is 9.37 Å². The zero-order chi connectivity index (χ0) is 27.4. The normalized spacial score (nSPS) is 11.5. The highest BCUT2D eigenvalue weighted by molar-refractivity contribution is 7.99. The van der Waals surface area contributed by atoms with E-state index < -0.39 is 11.7 Å². The van der Waals surface area contributed by atoms with Crippen molar-refractivity contribution in [2.45, 2.75) is 17.8 Å². The van der Waals surface area contributed by atoms with Crippen LogP contribution >= 0.6 is 23.1 Å². The number of rotatable bonds is 8. The summed E-state index contributed by atoms with van der Waals surface area (Å²) < 4.78 is 54.3. The molecule has 0 fully saturated rings. The summed E-state index contributed by atoms with van der Waals surface area (Å²) in [7, 11) is 0. The minimum absolute atomic E-state index is 0.00331. The van der Waals surface area contributed by atoms with Gasteiger partial charge in [-0.3, -0.25) is 9.36 Å². The lowest BCUT2D eigenvalue weighted by molar-refractivity contribution is -0.137. The first-order valence-corrected chi connectivity index (χ1v) is 13.4. The van der Waals surface area contributed by atoms with Gasteiger partial charge in [-0.2, -0.15) is 13.2 Å². The molecule has 0 saturated carbocycles. The van der Waals surface area contributed by atoms with Gasteiger partial charge in [0.15, 0.2) is 16.1 Å². The SMILES string of the molecule is O=C(CSc1nnc(-c2ccccc2)n1-c1ccc(F)cc1)Nc1ncc(Cc2cccc(C(F)(F)F)c2)s1. The number of hydrogen-bond donors (Lipinski definition) is 1. The van der Waals surface area contributed by atoms with Crippen molar-refractivity contribution >= 4 is 34.1 Å². The van der Waals surface area contributed by atoms with E-state index in [1.54, 1.807) is 22.8 Å². The first-order chi connectivity index (χ1) is 18.8. The largest absolute Gasteiger partial charge is 0.416 e. The molecule has 0 radical (unpaired) electrons. The summed E-state index contributed by atoms with van der Waals surface area (Å²) in [6.45, 7) is 0. The fourth-order valence-corrected chi connectivity index (χ4v) is 5.37. The average Bonchev–Trinajstić information content (AvgIpc) is 3.55. The molecule has 6 nitrogen and oxygen atoms in total. The van der Waals surface area contributed by atoms with Crippen LogP contribution in [0.25, 0.3) is 17.1 Å². The molecule has 1 amide bonds. The summed E-state index contributed by atoms with van der Waals surface area (Å²) in [5.74, 6) is -0.173. The van der Waals surface area contributed by atoms with Gasteiger partial charge in [-0.1, -0.05) is 60.3 Å². The molecule has 0 bridgehead atoms. The van der Waals surface area contributed by atoms with E-state index in [1.165, 1.54) is 35.7 Å². The van der Waals surface area contributed by atoms with Crippen LogP contribution in [0, 0.1) is 5.82 Å². The molecule has 1 N–H and O–H groups in total. The Morgan fingerprint density at radius 1 is 0.974 bits per heavy atom. The molecule has 0 spiro atoms. The van der Waals surface area contributed by atoms with Crippen molar-refractivity contribution in [3.8, 4) is 17.1 Å². The summed E-state index contributed by atoms with van der Waals surface area (Å²) in [5.41, 5.74) is 1.24. The molecule has 39 heavy (non-hydrogen) atoms. The van der Waals surface area contributed by atoms with E-state index in [-0.39, 0.29) is 23.9 Å². The predicted octanol–water partition coefficient (Wildman–Crippen LogP) is 6.87. The van der Waals surface area contributed by atoms with E-state index in [4.69, 9.17) is 0 Å². The van der Waals surface area contributed by atoms with Crippen LogP contribution in [0.5, 0.6) is 0 Å². The molecule has 198 valence electrons. The Bertz CT molecular complexity index is 1580. The molecule has 5 aromatic rings. The van der Waals surface area contributed by atoms with Crippen LogP contribution in [-0.4, -0.2) is 31.4 Å².